The van der Waals surface area contributed by atoms with Crippen molar-refractivity contribution >= 4 is 33.5 Å². The van der Waals surface area contributed by atoms with Crippen LogP contribution in [0.1, 0.15) is 41.8 Å². The molecule has 4 aromatic rings. The van der Waals surface area contributed by atoms with Crippen LogP contribution in [0.4, 0.5) is 5.82 Å². The number of hydrogen-bond donors (Lipinski definition) is 2. The molecule has 1 saturated heterocycles. The van der Waals surface area contributed by atoms with Crippen molar-refractivity contribution in [1.29, 1.82) is 0 Å². The van der Waals surface area contributed by atoms with Crippen LogP contribution in [0.3, 0.4) is 0 Å². The third-order valence-corrected chi connectivity index (χ3v) is 6.37. The lowest BCUT2D eigenvalue weighted by Gasteiger charge is -2.33. The summed E-state index contributed by atoms with van der Waals surface area (Å²) >= 11 is 0. The van der Waals surface area contributed by atoms with Crippen LogP contribution in [0.25, 0.3) is 21.8 Å². The molecule has 6 nitrogen and oxygen atoms in total. The van der Waals surface area contributed by atoms with Crippen LogP contribution in [-0.2, 0) is 5.54 Å². The van der Waals surface area contributed by atoms with Crippen LogP contribution in [0.5, 0.6) is 0 Å². The summed E-state index contributed by atoms with van der Waals surface area (Å²) in [5, 5.41) is 4.37. The molecule has 0 saturated carbocycles. The molecule has 2 N–H and O–H groups in total. The average Bonchev–Trinajstić information content (AvgIpc) is 2.73. The van der Waals surface area contributed by atoms with Crippen molar-refractivity contribution in [2.75, 3.05) is 18.0 Å². The normalized spacial score (nSPS) is 13.9. The third kappa shape index (κ3) is 3.42. The number of aromatic amines is 1. The van der Waals surface area contributed by atoms with E-state index in [9.17, 15) is 9.59 Å². The standard InChI is InChI=1S/C26H26N4O2/c1-16-13-20-22(28-21-8-5-4-7-18(21)24(20)31)14-19(16)25(32)29-26(2,3)17-9-10-23(27-15-17)30-11-6-12-30/h4-5,7-10,13-15H,6,11-12H2,1-3H3,(H,28,31)(H,29,32). The number of benzene rings is 2. The molecule has 1 aliphatic rings. The number of fused-ring (bicyclic) bond motifs is 2. The summed E-state index contributed by atoms with van der Waals surface area (Å²) in [4.78, 5) is 36.3. The lowest BCUT2D eigenvalue weighted by atomic mass is 9.94. The first-order valence-electron chi connectivity index (χ1n) is 10.9. The number of pyridine rings is 2. The molecule has 6 heteroatoms. The highest BCUT2D eigenvalue weighted by Crippen LogP contribution is 2.25. The van der Waals surface area contributed by atoms with Crippen LogP contribution in [0.2, 0.25) is 0 Å². The van der Waals surface area contributed by atoms with Gasteiger partial charge in [0.05, 0.1) is 11.1 Å². The predicted octanol–water partition coefficient (Wildman–Crippen LogP) is 4.26. The molecule has 162 valence electrons. The van der Waals surface area contributed by atoms with E-state index in [1.165, 1.54) is 6.42 Å². The Bertz CT molecular complexity index is 1400. The molecular weight excluding hydrogens is 400 g/mol. The van der Waals surface area contributed by atoms with Crippen LogP contribution < -0.4 is 15.6 Å². The maximum absolute atomic E-state index is 13.2. The number of hydrogen-bond acceptors (Lipinski definition) is 4. The van der Waals surface area contributed by atoms with E-state index in [0.29, 0.717) is 21.9 Å². The van der Waals surface area contributed by atoms with E-state index in [2.05, 4.69) is 20.2 Å². The Morgan fingerprint density at radius 3 is 2.53 bits per heavy atom. The molecule has 3 heterocycles. The Balaban J connectivity index is 1.46. The van der Waals surface area contributed by atoms with E-state index >= 15 is 0 Å². The summed E-state index contributed by atoms with van der Waals surface area (Å²) in [5.41, 5.74) is 3.03. The van der Waals surface area contributed by atoms with Crippen molar-refractivity contribution in [3.63, 3.8) is 0 Å². The van der Waals surface area contributed by atoms with Crippen molar-refractivity contribution < 1.29 is 4.79 Å². The number of nitrogens with zero attached hydrogens (tertiary/aromatic N) is 2. The lowest BCUT2D eigenvalue weighted by Crippen LogP contribution is -2.41. The van der Waals surface area contributed by atoms with Gasteiger partial charge in [0.2, 0.25) is 0 Å². The van der Waals surface area contributed by atoms with Crippen LogP contribution in [-0.4, -0.2) is 29.0 Å². The molecule has 5 rings (SSSR count). The lowest BCUT2D eigenvalue weighted by molar-refractivity contribution is 0.0911. The highest BCUT2D eigenvalue weighted by Gasteiger charge is 2.26. The number of anilines is 1. The quantitative estimate of drug-likeness (QED) is 0.478. The van der Waals surface area contributed by atoms with Crippen LogP contribution in [0.15, 0.2) is 59.5 Å². The van der Waals surface area contributed by atoms with E-state index in [4.69, 9.17) is 0 Å². The van der Waals surface area contributed by atoms with Gasteiger partial charge in [0.25, 0.3) is 5.91 Å². The summed E-state index contributed by atoms with van der Waals surface area (Å²) in [7, 11) is 0. The highest BCUT2D eigenvalue weighted by molar-refractivity contribution is 6.01. The number of aromatic nitrogens is 2. The monoisotopic (exact) mass is 426 g/mol. The van der Waals surface area contributed by atoms with Crippen LogP contribution in [0, 0.1) is 6.92 Å². The Hall–Kier alpha value is -3.67. The first kappa shape index (κ1) is 20.2. The van der Waals surface area contributed by atoms with Gasteiger partial charge < -0.3 is 15.2 Å². The van der Waals surface area contributed by atoms with Gasteiger partial charge in [-0.1, -0.05) is 18.2 Å². The van der Waals surface area contributed by atoms with Crippen molar-refractivity contribution in [3.05, 3.63) is 81.6 Å². The zero-order valence-electron chi connectivity index (χ0n) is 18.5. The SMILES string of the molecule is Cc1cc2c(=O)c3ccccc3[nH]c2cc1C(=O)NC(C)(C)c1ccc(N2CCC2)nc1. The fraction of sp³-hybridized carbons (Fsp3) is 0.269. The minimum atomic E-state index is -0.601. The second-order valence-corrected chi connectivity index (χ2v) is 9.04. The van der Waals surface area contributed by atoms with Crippen molar-refractivity contribution in [2.24, 2.45) is 0 Å². The van der Waals surface area contributed by atoms with E-state index in [-0.39, 0.29) is 11.3 Å². The van der Waals surface area contributed by atoms with Gasteiger partial charge in [-0.05, 0) is 68.7 Å². The predicted molar refractivity (Wildman–Crippen MR) is 128 cm³/mol. The van der Waals surface area contributed by atoms with Gasteiger partial charge in [-0.25, -0.2) is 4.98 Å². The number of amides is 1. The minimum absolute atomic E-state index is 0.0295. The van der Waals surface area contributed by atoms with Crippen LogP contribution >= 0.6 is 0 Å². The molecule has 2 aromatic heterocycles. The van der Waals surface area contributed by atoms with E-state index < -0.39 is 5.54 Å². The first-order valence-corrected chi connectivity index (χ1v) is 10.9. The van der Waals surface area contributed by atoms with Gasteiger partial charge in [-0.15, -0.1) is 0 Å². The first-order chi connectivity index (χ1) is 15.3. The number of H-pyrrole nitrogens is 1. The molecule has 0 aliphatic carbocycles. The van der Waals surface area contributed by atoms with E-state index in [1.807, 2.05) is 63.4 Å². The largest absolute Gasteiger partial charge is 0.356 e. The van der Waals surface area contributed by atoms with Gasteiger partial charge >= 0.3 is 0 Å². The summed E-state index contributed by atoms with van der Waals surface area (Å²) in [6.45, 7) is 7.89. The summed E-state index contributed by atoms with van der Waals surface area (Å²) < 4.78 is 0. The number of rotatable bonds is 4. The van der Waals surface area contributed by atoms with Gasteiger partial charge in [-0.3, -0.25) is 9.59 Å². The second-order valence-electron chi connectivity index (χ2n) is 9.04. The maximum Gasteiger partial charge on any atom is 0.252 e. The fourth-order valence-electron chi connectivity index (χ4n) is 4.24. The van der Waals surface area contributed by atoms with Crippen molar-refractivity contribution in [1.82, 2.24) is 15.3 Å². The molecule has 2 aromatic carbocycles. The summed E-state index contributed by atoms with van der Waals surface area (Å²) in [6.07, 6.45) is 3.04. The Morgan fingerprint density at radius 1 is 1.06 bits per heavy atom. The zero-order chi connectivity index (χ0) is 22.5. The number of para-hydroxylation sites is 1. The van der Waals surface area contributed by atoms with Crippen molar-refractivity contribution in [3.8, 4) is 0 Å². The summed E-state index contributed by atoms with van der Waals surface area (Å²) in [5.74, 6) is 0.791. The number of carbonyl (C=O) groups excluding carboxylic acids is 1. The topological polar surface area (TPSA) is 78.1 Å². The van der Waals surface area contributed by atoms with Crippen molar-refractivity contribution in [2.45, 2.75) is 32.7 Å². The summed E-state index contributed by atoms with van der Waals surface area (Å²) in [6, 6.07) is 15.0. The smallest absolute Gasteiger partial charge is 0.252 e. The number of nitrogens with one attached hydrogen (secondary N) is 2. The van der Waals surface area contributed by atoms with E-state index in [1.54, 1.807) is 12.1 Å². The Morgan fingerprint density at radius 2 is 1.84 bits per heavy atom. The van der Waals surface area contributed by atoms with Gasteiger partial charge in [0, 0.05) is 41.1 Å². The molecule has 32 heavy (non-hydrogen) atoms. The fourth-order valence-corrected chi connectivity index (χ4v) is 4.24. The molecular formula is C26H26N4O2. The third-order valence-electron chi connectivity index (χ3n) is 6.37. The van der Waals surface area contributed by atoms with Gasteiger partial charge in [0.15, 0.2) is 5.43 Å². The average molecular weight is 427 g/mol. The molecule has 0 bridgehead atoms. The zero-order valence-corrected chi connectivity index (χ0v) is 18.5. The highest BCUT2D eigenvalue weighted by atomic mass is 16.1. The number of carbonyl (C=O) groups is 1. The Labute approximate surface area is 186 Å². The molecule has 0 atom stereocenters. The molecule has 0 unspecified atom stereocenters. The second kappa shape index (κ2) is 7.48. The van der Waals surface area contributed by atoms with E-state index in [0.717, 1.165) is 35.6 Å². The Kier molecular flexibility index (Phi) is 4.73. The molecule has 0 spiro atoms. The molecule has 1 amide bonds. The molecule has 0 radical (unpaired) electrons. The molecule has 1 fully saturated rings. The van der Waals surface area contributed by atoms with Gasteiger partial charge in [-0.2, -0.15) is 0 Å². The maximum atomic E-state index is 13.2. The van der Waals surface area contributed by atoms with Gasteiger partial charge in [0.1, 0.15) is 5.82 Å². The number of aryl methyl sites for hydroxylation is 1. The minimum Gasteiger partial charge on any atom is -0.356 e. The molecule has 1 aliphatic heterocycles.